The number of aliphatic hydroxyl groups excluding tert-OH is 1. The quantitative estimate of drug-likeness (QED) is 0.563. The van der Waals surface area contributed by atoms with Crippen molar-refractivity contribution in [2.75, 3.05) is 42.6 Å². The van der Waals surface area contributed by atoms with Gasteiger partial charge in [0.1, 0.15) is 0 Å². The summed E-state index contributed by atoms with van der Waals surface area (Å²) in [5.74, 6) is 0. The van der Waals surface area contributed by atoms with Gasteiger partial charge in [-0.15, -0.1) is 0 Å². The molecule has 0 aromatic heterocycles. The third-order valence-corrected chi connectivity index (χ3v) is 5.22. The molecule has 6 nitrogen and oxygen atoms in total. The van der Waals surface area contributed by atoms with Gasteiger partial charge in [-0.3, -0.25) is 0 Å². The number of morpholine rings is 1. The molecule has 0 amide bonds. The third-order valence-electron chi connectivity index (χ3n) is 5.22. The van der Waals surface area contributed by atoms with Gasteiger partial charge in [0.25, 0.3) is 0 Å². The third kappa shape index (κ3) is 3.54. The number of nitrogens with zero attached hydrogens (tertiary/aromatic N) is 2. The van der Waals surface area contributed by atoms with Crippen molar-refractivity contribution in [1.29, 1.82) is 0 Å². The van der Waals surface area contributed by atoms with Gasteiger partial charge in [0.05, 0.1) is 13.2 Å². The van der Waals surface area contributed by atoms with Crippen LogP contribution in [0.25, 0.3) is 0 Å². The Morgan fingerprint density at radius 3 is 2.54 bits per heavy atom. The van der Waals surface area contributed by atoms with Crippen molar-refractivity contribution < 1.29 is 15.1 Å². The minimum absolute atomic E-state index is 0.647. The van der Waals surface area contributed by atoms with Crippen molar-refractivity contribution in [3.63, 3.8) is 0 Å². The van der Waals surface area contributed by atoms with Crippen LogP contribution in [-0.2, 0) is 17.7 Å². The van der Waals surface area contributed by atoms with Crippen LogP contribution in [0.1, 0.15) is 22.9 Å². The first-order chi connectivity index (χ1) is 12.7. The summed E-state index contributed by atoms with van der Waals surface area (Å²) in [5, 5.41) is 18.4. The van der Waals surface area contributed by atoms with E-state index in [1.165, 1.54) is 22.5 Å². The lowest BCUT2D eigenvalue weighted by molar-refractivity contribution is 0.000693. The van der Waals surface area contributed by atoms with Crippen molar-refractivity contribution in [1.82, 2.24) is 5.48 Å². The van der Waals surface area contributed by atoms with E-state index < -0.39 is 6.23 Å². The molecule has 0 aliphatic carbocycles. The minimum Gasteiger partial charge on any atom is -0.378 e. The Labute approximate surface area is 153 Å². The first-order valence-electron chi connectivity index (χ1n) is 9.12. The van der Waals surface area contributed by atoms with E-state index in [0.717, 1.165) is 45.8 Å². The van der Waals surface area contributed by atoms with Gasteiger partial charge in [-0.05, 0) is 41.3 Å². The molecule has 1 saturated heterocycles. The van der Waals surface area contributed by atoms with Gasteiger partial charge in [0.2, 0.25) is 0 Å². The maximum absolute atomic E-state index is 9.58. The van der Waals surface area contributed by atoms with E-state index in [9.17, 15) is 5.11 Å². The highest BCUT2D eigenvalue weighted by Gasteiger charge is 2.21. The molecule has 2 aliphatic rings. The lowest BCUT2D eigenvalue weighted by Crippen LogP contribution is -2.36. The zero-order valence-corrected chi connectivity index (χ0v) is 14.8. The Bertz CT molecular complexity index is 744. The maximum Gasteiger partial charge on any atom is 0.152 e. The number of ether oxygens (including phenoxy) is 1. The van der Waals surface area contributed by atoms with Gasteiger partial charge in [-0.2, -0.15) is 5.48 Å². The Morgan fingerprint density at radius 1 is 1.04 bits per heavy atom. The number of aliphatic hydroxyl groups is 1. The average Bonchev–Trinajstić information content (AvgIpc) is 3.10. The SMILES string of the molecule is ONC(O)c1ccc(CN2CCc3cc(N4CCOCC4)ccc32)cc1. The summed E-state index contributed by atoms with van der Waals surface area (Å²) < 4.78 is 5.44. The number of hydrogen-bond donors (Lipinski definition) is 3. The second kappa shape index (κ2) is 7.63. The van der Waals surface area contributed by atoms with E-state index in [0.29, 0.717) is 5.56 Å². The summed E-state index contributed by atoms with van der Waals surface area (Å²) in [5.41, 5.74) is 7.69. The molecule has 0 radical (unpaired) electrons. The lowest BCUT2D eigenvalue weighted by Gasteiger charge is -2.29. The molecule has 6 heteroatoms. The molecule has 138 valence electrons. The molecule has 2 aromatic carbocycles. The van der Waals surface area contributed by atoms with Crippen LogP contribution in [0.3, 0.4) is 0 Å². The molecule has 2 aliphatic heterocycles. The molecule has 2 aromatic rings. The largest absolute Gasteiger partial charge is 0.378 e. The highest BCUT2D eigenvalue weighted by molar-refractivity contribution is 5.65. The van der Waals surface area contributed by atoms with Gasteiger partial charge in [0.15, 0.2) is 6.23 Å². The number of fused-ring (bicyclic) bond motifs is 1. The van der Waals surface area contributed by atoms with Crippen LogP contribution in [0.5, 0.6) is 0 Å². The van der Waals surface area contributed by atoms with Crippen LogP contribution < -0.4 is 15.3 Å². The molecular weight excluding hydrogens is 330 g/mol. The summed E-state index contributed by atoms with van der Waals surface area (Å²) in [4.78, 5) is 4.79. The summed E-state index contributed by atoms with van der Waals surface area (Å²) in [6.07, 6.45) is 0.0221. The fraction of sp³-hybridized carbons (Fsp3) is 0.400. The Balaban J connectivity index is 1.46. The number of anilines is 2. The molecule has 4 rings (SSSR count). The van der Waals surface area contributed by atoms with Crippen LogP contribution in [0.2, 0.25) is 0 Å². The van der Waals surface area contributed by atoms with Crippen LogP contribution in [-0.4, -0.2) is 43.2 Å². The molecule has 1 unspecified atom stereocenters. The molecule has 0 bridgehead atoms. The van der Waals surface area contributed by atoms with Crippen molar-refractivity contribution >= 4 is 11.4 Å². The Kier molecular flexibility index (Phi) is 5.08. The minimum atomic E-state index is -1.05. The number of benzene rings is 2. The summed E-state index contributed by atoms with van der Waals surface area (Å²) in [6.45, 7) is 5.39. The predicted octanol–water partition coefficient (Wildman–Crippen LogP) is 2.06. The van der Waals surface area contributed by atoms with Crippen molar-refractivity contribution in [3.05, 3.63) is 59.2 Å². The smallest absolute Gasteiger partial charge is 0.152 e. The van der Waals surface area contributed by atoms with Crippen LogP contribution in [0.15, 0.2) is 42.5 Å². The lowest BCUT2D eigenvalue weighted by atomic mass is 10.1. The van der Waals surface area contributed by atoms with E-state index in [1.807, 2.05) is 29.7 Å². The zero-order valence-electron chi connectivity index (χ0n) is 14.8. The first kappa shape index (κ1) is 17.3. The molecule has 1 atom stereocenters. The van der Waals surface area contributed by atoms with E-state index in [-0.39, 0.29) is 0 Å². The number of rotatable bonds is 5. The van der Waals surface area contributed by atoms with Gasteiger partial charge in [0, 0.05) is 37.6 Å². The second-order valence-electron chi connectivity index (χ2n) is 6.86. The van der Waals surface area contributed by atoms with Crippen LogP contribution in [0, 0.1) is 0 Å². The number of hydroxylamine groups is 1. The van der Waals surface area contributed by atoms with Gasteiger partial charge in [-0.25, -0.2) is 0 Å². The summed E-state index contributed by atoms with van der Waals surface area (Å²) >= 11 is 0. The van der Waals surface area contributed by atoms with E-state index in [4.69, 9.17) is 9.94 Å². The molecule has 3 N–H and O–H groups in total. The maximum atomic E-state index is 9.58. The highest BCUT2D eigenvalue weighted by atomic mass is 16.5. The first-order valence-corrected chi connectivity index (χ1v) is 9.12. The van der Waals surface area contributed by atoms with Crippen molar-refractivity contribution in [2.45, 2.75) is 19.2 Å². The van der Waals surface area contributed by atoms with Gasteiger partial charge >= 0.3 is 0 Å². The van der Waals surface area contributed by atoms with Crippen molar-refractivity contribution in [3.8, 4) is 0 Å². The van der Waals surface area contributed by atoms with Crippen molar-refractivity contribution in [2.24, 2.45) is 0 Å². The molecular formula is C20H25N3O3. The molecule has 0 spiro atoms. The second-order valence-corrected chi connectivity index (χ2v) is 6.86. The van der Waals surface area contributed by atoms with Gasteiger partial charge < -0.3 is 24.9 Å². The molecule has 1 fully saturated rings. The Hall–Kier alpha value is -2.12. The van der Waals surface area contributed by atoms with E-state index in [2.05, 4.69) is 28.0 Å². The molecule has 26 heavy (non-hydrogen) atoms. The molecule has 0 saturated carbocycles. The average molecular weight is 355 g/mol. The van der Waals surface area contributed by atoms with E-state index in [1.54, 1.807) is 0 Å². The topological polar surface area (TPSA) is 68.2 Å². The van der Waals surface area contributed by atoms with Crippen LogP contribution >= 0.6 is 0 Å². The summed E-state index contributed by atoms with van der Waals surface area (Å²) in [6, 6.07) is 14.4. The van der Waals surface area contributed by atoms with Crippen LogP contribution in [0.4, 0.5) is 11.4 Å². The predicted molar refractivity (Wildman–Crippen MR) is 101 cm³/mol. The number of hydrogen-bond acceptors (Lipinski definition) is 6. The molecule has 2 heterocycles. The number of nitrogens with one attached hydrogen (secondary N) is 1. The zero-order chi connectivity index (χ0) is 17.9. The monoisotopic (exact) mass is 355 g/mol. The standard InChI is InChI=1S/C20H25N3O3/c24-20(21-25)16-3-1-15(2-4-16)14-23-8-7-17-13-18(5-6-19(17)23)22-9-11-26-12-10-22/h1-6,13,20-21,24-25H,7-12,14H2. The van der Waals surface area contributed by atoms with Gasteiger partial charge in [-0.1, -0.05) is 24.3 Å². The fourth-order valence-corrected chi connectivity index (χ4v) is 3.74. The summed E-state index contributed by atoms with van der Waals surface area (Å²) in [7, 11) is 0. The highest BCUT2D eigenvalue weighted by Crippen LogP contribution is 2.33. The fourth-order valence-electron chi connectivity index (χ4n) is 3.74. The Morgan fingerprint density at radius 2 is 1.81 bits per heavy atom. The van der Waals surface area contributed by atoms with E-state index >= 15 is 0 Å². The normalized spacial score (nSPS) is 18.1.